The summed E-state index contributed by atoms with van der Waals surface area (Å²) in [5, 5.41) is 1.98. The fourth-order valence-corrected chi connectivity index (χ4v) is 4.85. The van der Waals surface area contributed by atoms with E-state index in [1.165, 1.54) is 61.7 Å². The molecule has 196 valence electrons. The molecule has 4 amide bonds. The minimum Gasteiger partial charge on any atom is -0.494 e. The van der Waals surface area contributed by atoms with Gasteiger partial charge in [-0.3, -0.25) is 14.9 Å². The number of methoxy groups -OCH3 is 1. The summed E-state index contributed by atoms with van der Waals surface area (Å²) in [5.41, 5.74) is 0.0813. The van der Waals surface area contributed by atoms with E-state index in [1.54, 1.807) is 18.2 Å². The van der Waals surface area contributed by atoms with Crippen molar-refractivity contribution in [1.29, 1.82) is 0 Å². The molecule has 0 saturated carbocycles. The molecule has 0 spiro atoms. The first kappa shape index (κ1) is 26.7. The van der Waals surface area contributed by atoms with E-state index in [-0.39, 0.29) is 38.2 Å². The number of rotatable bonds is 8. The van der Waals surface area contributed by atoms with Crippen LogP contribution in [0, 0.1) is 0 Å². The van der Waals surface area contributed by atoms with Crippen molar-refractivity contribution in [2.45, 2.75) is 11.8 Å². The number of ether oxygens (including phenoxy) is 2. The van der Waals surface area contributed by atoms with Gasteiger partial charge in [0, 0.05) is 0 Å². The van der Waals surface area contributed by atoms with Crippen molar-refractivity contribution >= 4 is 51.3 Å². The van der Waals surface area contributed by atoms with Gasteiger partial charge < -0.3 is 13.7 Å². The number of urea groups is 1. The van der Waals surface area contributed by atoms with Crippen LogP contribution >= 0.6 is 11.6 Å². The van der Waals surface area contributed by atoms with E-state index in [9.17, 15) is 22.8 Å². The van der Waals surface area contributed by atoms with Gasteiger partial charge in [-0.2, -0.15) is 8.42 Å². The molecule has 0 radical (unpaired) electrons. The second-order valence-corrected chi connectivity index (χ2v) is 9.72. The van der Waals surface area contributed by atoms with Crippen molar-refractivity contribution in [3.05, 3.63) is 82.9 Å². The van der Waals surface area contributed by atoms with Crippen LogP contribution in [0.15, 0.2) is 77.2 Å². The number of hydrogen-bond donors (Lipinski definition) is 1. The van der Waals surface area contributed by atoms with Gasteiger partial charge in [0.1, 0.15) is 16.2 Å². The highest BCUT2D eigenvalue weighted by atomic mass is 35.5. The normalized spacial score (nSPS) is 14.9. The number of hydrogen-bond acceptors (Lipinski definition) is 8. The molecule has 0 aromatic heterocycles. The molecule has 0 aliphatic carbocycles. The third-order valence-electron chi connectivity index (χ3n) is 5.30. The van der Waals surface area contributed by atoms with Crippen LogP contribution in [0.5, 0.6) is 17.2 Å². The maximum absolute atomic E-state index is 13.2. The molecule has 10 nitrogen and oxygen atoms in total. The molecule has 1 fully saturated rings. The number of anilines is 1. The molecule has 4 rings (SSSR count). The van der Waals surface area contributed by atoms with Crippen LogP contribution in [-0.4, -0.2) is 40.0 Å². The van der Waals surface area contributed by atoms with Gasteiger partial charge in [0.05, 0.1) is 24.4 Å². The fraction of sp³-hybridized carbons (Fsp3) is 0.115. The van der Waals surface area contributed by atoms with Crippen LogP contribution in [-0.2, 0) is 19.7 Å². The van der Waals surface area contributed by atoms with E-state index < -0.39 is 28.0 Å². The molecule has 0 bridgehead atoms. The minimum absolute atomic E-state index is 0.0630. The molecular weight excluding hydrogens is 536 g/mol. The van der Waals surface area contributed by atoms with Gasteiger partial charge in [0.25, 0.3) is 11.8 Å². The number of imide groups is 2. The third-order valence-corrected chi connectivity index (χ3v) is 6.81. The van der Waals surface area contributed by atoms with Gasteiger partial charge in [-0.25, -0.2) is 9.69 Å². The maximum Gasteiger partial charge on any atom is 0.339 e. The Morgan fingerprint density at radius 1 is 1.00 bits per heavy atom. The Morgan fingerprint density at radius 3 is 2.32 bits per heavy atom. The Kier molecular flexibility index (Phi) is 7.70. The van der Waals surface area contributed by atoms with Crippen molar-refractivity contribution in [3.8, 4) is 17.2 Å². The van der Waals surface area contributed by atoms with E-state index in [4.69, 9.17) is 25.3 Å². The number of amides is 4. The Morgan fingerprint density at radius 2 is 1.68 bits per heavy atom. The summed E-state index contributed by atoms with van der Waals surface area (Å²) in [6.07, 6.45) is 1.20. The first-order valence-corrected chi connectivity index (χ1v) is 12.9. The smallest absolute Gasteiger partial charge is 0.339 e. The number of nitrogens with zero attached hydrogens (tertiary/aromatic N) is 1. The van der Waals surface area contributed by atoms with Crippen molar-refractivity contribution < 1.29 is 36.5 Å². The van der Waals surface area contributed by atoms with Gasteiger partial charge >= 0.3 is 16.1 Å². The number of halogens is 1. The maximum atomic E-state index is 13.2. The molecule has 1 aliphatic heterocycles. The van der Waals surface area contributed by atoms with Crippen molar-refractivity contribution in [1.82, 2.24) is 5.32 Å². The van der Waals surface area contributed by atoms with Crippen LogP contribution in [0.1, 0.15) is 12.5 Å². The number of benzene rings is 3. The van der Waals surface area contributed by atoms with Gasteiger partial charge in [-0.05, 0) is 67.1 Å². The molecular formula is C26H21ClN2O8S. The van der Waals surface area contributed by atoms with E-state index in [1.807, 2.05) is 6.92 Å². The predicted molar refractivity (Wildman–Crippen MR) is 139 cm³/mol. The number of barbiturate groups is 1. The van der Waals surface area contributed by atoms with Gasteiger partial charge in [-0.15, -0.1) is 0 Å². The van der Waals surface area contributed by atoms with Crippen LogP contribution in [0.4, 0.5) is 10.5 Å². The lowest BCUT2D eigenvalue weighted by Crippen LogP contribution is -2.54. The molecule has 3 aromatic rings. The molecule has 12 heteroatoms. The SMILES string of the molecule is CCOc1ccc(N2C(=O)NC(=O)/C(=C\c3cc(Cl)c(OS(=O)(=O)c4ccccc4)c(OC)c3)C2=O)cc1. The topological polar surface area (TPSA) is 128 Å². The van der Waals surface area contributed by atoms with E-state index in [0.717, 1.165) is 4.90 Å². The van der Waals surface area contributed by atoms with Crippen LogP contribution in [0.3, 0.4) is 0 Å². The zero-order valence-corrected chi connectivity index (χ0v) is 21.7. The minimum atomic E-state index is -4.23. The monoisotopic (exact) mass is 556 g/mol. The highest BCUT2D eigenvalue weighted by Crippen LogP contribution is 2.39. The Labute approximate surface area is 223 Å². The van der Waals surface area contributed by atoms with Crippen molar-refractivity contribution in [3.63, 3.8) is 0 Å². The standard InChI is InChI=1S/C26H21ClN2O8S/c1-3-36-18-11-9-17(10-12-18)29-25(31)20(24(30)28-26(29)32)13-16-14-21(27)23(22(15-16)35-2)37-38(33,34)19-7-5-4-6-8-19/h4-15H,3H2,1-2H3,(H,28,30,32)/b20-13+. The number of nitrogens with one attached hydrogen (secondary N) is 1. The second kappa shape index (κ2) is 11.0. The van der Waals surface area contributed by atoms with Crippen LogP contribution in [0.25, 0.3) is 6.08 Å². The molecule has 38 heavy (non-hydrogen) atoms. The van der Waals surface area contributed by atoms with Gasteiger partial charge in [-0.1, -0.05) is 29.8 Å². The summed E-state index contributed by atoms with van der Waals surface area (Å²) in [6, 6.07) is 15.4. The molecule has 3 aromatic carbocycles. The molecule has 0 atom stereocenters. The molecule has 1 N–H and O–H groups in total. The summed E-state index contributed by atoms with van der Waals surface area (Å²) in [6.45, 7) is 2.26. The summed E-state index contributed by atoms with van der Waals surface area (Å²) in [7, 11) is -2.95. The third kappa shape index (κ3) is 5.48. The molecule has 1 saturated heterocycles. The zero-order valence-electron chi connectivity index (χ0n) is 20.1. The first-order valence-electron chi connectivity index (χ1n) is 11.2. The first-order chi connectivity index (χ1) is 18.1. The summed E-state index contributed by atoms with van der Waals surface area (Å²) >= 11 is 6.32. The lowest BCUT2D eigenvalue weighted by molar-refractivity contribution is -0.122. The number of carbonyl (C=O) groups is 3. The number of carbonyl (C=O) groups excluding carboxylic acids is 3. The Hall–Kier alpha value is -4.35. The largest absolute Gasteiger partial charge is 0.494 e. The highest BCUT2D eigenvalue weighted by molar-refractivity contribution is 7.87. The summed E-state index contributed by atoms with van der Waals surface area (Å²) in [5.74, 6) is -1.57. The van der Waals surface area contributed by atoms with Crippen LogP contribution < -0.4 is 23.9 Å². The predicted octanol–water partition coefficient (Wildman–Crippen LogP) is 4.18. The zero-order chi connectivity index (χ0) is 27.4. The van der Waals surface area contributed by atoms with E-state index in [0.29, 0.717) is 12.4 Å². The second-order valence-electron chi connectivity index (χ2n) is 7.77. The Balaban J connectivity index is 1.67. The molecule has 1 heterocycles. The lowest BCUT2D eigenvalue weighted by atomic mass is 10.1. The van der Waals surface area contributed by atoms with Gasteiger partial charge in [0.15, 0.2) is 5.75 Å². The Bertz CT molecular complexity index is 1540. The average molecular weight is 557 g/mol. The van der Waals surface area contributed by atoms with Crippen molar-refractivity contribution in [2.24, 2.45) is 0 Å². The van der Waals surface area contributed by atoms with E-state index in [2.05, 4.69) is 5.32 Å². The quantitative estimate of drug-likeness (QED) is 0.248. The fourth-order valence-electron chi connectivity index (χ4n) is 3.57. The summed E-state index contributed by atoms with van der Waals surface area (Å²) < 4.78 is 41.2. The molecule has 1 aliphatic rings. The highest BCUT2D eigenvalue weighted by Gasteiger charge is 2.37. The van der Waals surface area contributed by atoms with Crippen LogP contribution in [0.2, 0.25) is 5.02 Å². The average Bonchev–Trinajstić information content (AvgIpc) is 2.89. The summed E-state index contributed by atoms with van der Waals surface area (Å²) in [4.78, 5) is 38.9. The van der Waals surface area contributed by atoms with Gasteiger partial charge in [0.2, 0.25) is 5.75 Å². The molecule has 0 unspecified atom stereocenters. The van der Waals surface area contributed by atoms with Crippen molar-refractivity contribution in [2.75, 3.05) is 18.6 Å². The van der Waals surface area contributed by atoms with E-state index >= 15 is 0 Å². The lowest BCUT2D eigenvalue weighted by Gasteiger charge is -2.26.